The van der Waals surface area contributed by atoms with Gasteiger partial charge >= 0.3 is 12.2 Å². The minimum absolute atomic E-state index is 0.205. The van der Waals surface area contributed by atoms with Crippen LogP contribution < -0.4 is 5.73 Å². The van der Waals surface area contributed by atoms with Crippen LogP contribution in [0.2, 0.25) is 0 Å². The molecule has 0 aromatic rings. The van der Waals surface area contributed by atoms with Crippen molar-refractivity contribution >= 4 is 12.2 Å². The lowest BCUT2D eigenvalue weighted by Crippen LogP contribution is -2.33. The van der Waals surface area contributed by atoms with Crippen molar-refractivity contribution in [3.8, 4) is 0 Å². The molecule has 0 fully saturated rings. The van der Waals surface area contributed by atoms with Gasteiger partial charge in [0.05, 0.1) is 0 Å². The summed E-state index contributed by atoms with van der Waals surface area (Å²) in [6, 6.07) is -1.04. The number of hydrogen-bond donors (Lipinski definition) is 1. The van der Waals surface area contributed by atoms with E-state index in [2.05, 4.69) is 19.9 Å². The minimum atomic E-state index is -1.07. The zero-order valence-electron chi connectivity index (χ0n) is 9.45. The number of nitrogens with zero attached hydrogens (tertiary/aromatic N) is 1. The molecular weight excluding hydrogens is 236 g/mol. The van der Waals surface area contributed by atoms with Gasteiger partial charge in [-0.2, -0.15) is 0 Å². The molecule has 98 valence electrons. The van der Waals surface area contributed by atoms with Crippen molar-refractivity contribution in [3.63, 3.8) is 0 Å². The van der Waals surface area contributed by atoms with Crippen molar-refractivity contribution in [2.24, 2.45) is 5.73 Å². The Labute approximate surface area is 97.0 Å². The summed E-state index contributed by atoms with van der Waals surface area (Å²) in [5.74, 6) is 0. The number of hydrogen-bond acceptors (Lipinski definition) is 7. The number of primary amides is 1. The van der Waals surface area contributed by atoms with Gasteiger partial charge in [0.1, 0.15) is 13.2 Å². The van der Waals surface area contributed by atoms with Crippen LogP contribution in [0.5, 0.6) is 0 Å². The normalized spacial score (nSPS) is 13.3. The second-order valence-corrected chi connectivity index (χ2v) is 3.11. The lowest BCUT2D eigenvalue weighted by atomic mass is 10.2. The highest BCUT2D eigenvalue weighted by Crippen LogP contribution is 2.03. The van der Waals surface area contributed by atoms with E-state index in [1.165, 1.54) is 13.8 Å². The van der Waals surface area contributed by atoms with E-state index in [1.54, 1.807) is 0 Å². The van der Waals surface area contributed by atoms with Crippen LogP contribution in [0.15, 0.2) is 0 Å². The third-order valence-corrected chi connectivity index (χ3v) is 1.84. The molecule has 0 heterocycles. The van der Waals surface area contributed by atoms with Crippen LogP contribution in [0, 0.1) is 10.1 Å². The first kappa shape index (κ1) is 14.9. The molecule has 1 unspecified atom stereocenters. The summed E-state index contributed by atoms with van der Waals surface area (Å²) in [7, 11) is 0. The molecule has 0 aliphatic rings. The average Bonchev–Trinajstić information content (AvgIpc) is 2.22. The molecule has 9 nitrogen and oxygen atoms in total. The van der Waals surface area contributed by atoms with Gasteiger partial charge in [-0.05, 0) is 6.92 Å². The monoisotopic (exact) mass is 250 g/mol. The average molecular weight is 250 g/mol. The highest BCUT2D eigenvalue weighted by molar-refractivity contribution is 5.64. The van der Waals surface area contributed by atoms with E-state index in [9.17, 15) is 19.7 Å². The number of carbonyl (C=O) groups is 2. The Kier molecular flexibility index (Phi) is 6.37. The molecule has 0 aliphatic heterocycles. The zero-order valence-corrected chi connectivity index (χ0v) is 9.45. The van der Waals surface area contributed by atoms with Gasteiger partial charge in [-0.3, -0.25) is 10.1 Å². The van der Waals surface area contributed by atoms with Crippen molar-refractivity contribution in [2.75, 3.05) is 13.2 Å². The minimum Gasteiger partial charge on any atom is -0.446 e. The predicted molar refractivity (Wildman–Crippen MR) is 53.9 cm³/mol. The summed E-state index contributed by atoms with van der Waals surface area (Å²) in [5.41, 5.74) is 4.66. The van der Waals surface area contributed by atoms with Crippen LogP contribution in [-0.4, -0.2) is 42.5 Å². The second-order valence-electron chi connectivity index (χ2n) is 3.11. The van der Waals surface area contributed by atoms with Crippen LogP contribution >= 0.6 is 0 Å². The Morgan fingerprint density at radius 3 is 2.29 bits per heavy atom. The Balaban J connectivity index is 3.78. The standard InChI is InChI=1S/C8H14N2O7/c1-5(10(13)14)6(2)17-8(12)16-4-3-15-7(9)11/h5-6H,3-4H2,1-2H3,(H2,9,11)/t5?,6-/m0/s1. The molecule has 0 saturated heterocycles. The first-order chi connectivity index (χ1) is 7.84. The van der Waals surface area contributed by atoms with Crippen molar-refractivity contribution in [3.05, 3.63) is 10.1 Å². The Hall–Kier alpha value is -2.06. The molecule has 9 heteroatoms. The number of nitro groups is 1. The fourth-order valence-corrected chi connectivity index (χ4v) is 0.723. The first-order valence-corrected chi connectivity index (χ1v) is 4.73. The van der Waals surface area contributed by atoms with Crippen molar-refractivity contribution in [1.29, 1.82) is 0 Å². The molecule has 2 atom stereocenters. The van der Waals surface area contributed by atoms with Crippen LogP contribution in [0.1, 0.15) is 13.8 Å². The van der Waals surface area contributed by atoms with Crippen molar-refractivity contribution in [1.82, 2.24) is 0 Å². The molecular formula is C8H14N2O7. The Morgan fingerprint density at radius 1 is 1.29 bits per heavy atom. The van der Waals surface area contributed by atoms with E-state index in [1.807, 2.05) is 0 Å². The molecule has 0 bridgehead atoms. The van der Waals surface area contributed by atoms with Gasteiger partial charge in [-0.1, -0.05) is 0 Å². The van der Waals surface area contributed by atoms with Gasteiger partial charge in [0.25, 0.3) is 0 Å². The van der Waals surface area contributed by atoms with Crippen LogP contribution in [0.3, 0.4) is 0 Å². The highest BCUT2D eigenvalue weighted by atomic mass is 16.7. The van der Waals surface area contributed by atoms with Gasteiger partial charge < -0.3 is 19.9 Å². The summed E-state index contributed by atoms with van der Waals surface area (Å²) >= 11 is 0. The van der Waals surface area contributed by atoms with E-state index < -0.39 is 29.3 Å². The fraction of sp³-hybridized carbons (Fsp3) is 0.750. The molecule has 2 N–H and O–H groups in total. The van der Waals surface area contributed by atoms with Crippen molar-refractivity contribution < 1.29 is 28.7 Å². The molecule has 0 aromatic heterocycles. The highest BCUT2D eigenvalue weighted by Gasteiger charge is 2.26. The van der Waals surface area contributed by atoms with Crippen molar-refractivity contribution in [2.45, 2.75) is 26.0 Å². The predicted octanol–water partition coefficient (Wildman–Crippen LogP) is 0.289. The maximum Gasteiger partial charge on any atom is 0.508 e. The number of rotatable bonds is 6. The van der Waals surface area contributed by atoms with Gasteiger partial charge in [-0.25, -0.2) is 9.59 Å². The lowest BCUT2D eigenvalue weighted by molar-refractivity contribution is -0.528. The number of carbonyl (C=O) groups excluding carboxylic acids is 2. The summed E-state index contributed by atoms with van der Waals surface area (Å²) in [5, 5.41) is 10.4. The zero-order chi connectivity index (χ0) is 13.4. The third-order valence-electron chi connectivity index (χ3n) is 1.84. The fourth-order valence-electron chi connectivity index (χ4n) is 0.723. The Bertz CT molecular complexity index is 294. The molecule has 0 rings (SSSR count). The molecule has 0 radical (unpaired) electrons. The second kappa shape index (κ2) is 7.25. The third kappa shape index (κ3) is 6.93. The summed E-state index contributed by atoms with van der Waals surface area (Å²) in [4.78, 5) is 30.9. The van der Waals surface area contributed by atoms with Crippen LogP contribution in [-0.2, 0) is 14.2 Å². The SMILES string of the molecule is CC([C@H](C)OC(=O)OCCOC(N)=O)[N+](=O)[O-]. The van der Waals surface area contributed by atoms with E-state index in [0.29, 0.717) is 0 Å². The summed E-state index contributed by atoms with van der Waals surface area (Å²) < 4.78 is 13.4. The van der Waals surface area contributed by atoms with E-state index in [4.69, 9.17) is 0 Å². The lowest BCUT2D eigenvalue weighted by Gasteiger charge is -2.13. The van der Waals surface area contributed by atoms with Crippen LogP contribution in [0.25, 0.3) is 0 Å². The first-order valence-electron chi connectivity index (χ1n) is 4.73. The number of amides is 1. The Morgan fingerprint density at radius 2 is 1.82 bits per heavy atom. The van der Waals surface area contributed by atoms with E-state index in [0.717, 1.165) is 0 Å². The van der Waals surface area contributed by atoms with Crippen LogP contribution in [0.4, 0.5) is 9.59 Å². The van der Waals surface area contributed by atoms with Gasteiger partial charge in [0.2, 0.25) is 6.04 Å². The summed E-state index contributed by atoms with van der Waals surface area (Å²) in [6.45, 7) is 2.23. The molecule has 17 heavy (non-hydrogen) atoms. The topological polar surface area (TPSA) is 131 Å². The maximum absolute atomic E-state index is 11.0. The summed E-state index contributed by atoms with van der Waals surface area (Å²) in [6.07, 6.45) is -2.98. The smallest absolute Gasteiger partial charge is 0.446 e. The molecule has 1 amide bonds. The molecule has 0 saturated carbocycles. The maximum atomic E-state index is 11.0. The van der Waals surface area contributed by atoms with Gasteiger partial charge in [-0.15, -0.1) is 0 Å². The molecule has 0 spiro atoms. The van der Waals surface area contributed by atoms with Gasteiger partial charge in [0.15, 0.2) is 6.10 Å². The number of ether oxygens (including phenoxy) is 3. The van der Waals surface area contributed by atoms with E-state index >= 15 is 0 Å². The number of nitrogens with two attached hydrogens (primary N) is 1. The quantitative estimate of drug-likeness (QED) is 0.310. The molecule has 0 aromatic carbocycles. The largest absolute Gasteiger partial charge is 0.508 e. The van der Waals surface area contributed by atoms with Gasteiger partial charge in [0, 0.05) is 11.8 Å². The van der Waals surface area contributed by atoms with E-state index in [-0.39, 0.29) is 13.2 Å². The molecule has 0 aliphatic carbocycles.